The van der Waals surface area contributed by atoms with Gasteiger partial charge in [0.2, 0.25) is 0 Å². The summed E-state index contributed by atoms with van der Waals surface area (Å²) in [7, 11) is 0. The van der Waals surface area contributed by atoms with Gasteiger partial charge in [0.05, 0.1) is 18.8 Å². The number of rotatable bonds is 5. The van der Waals surface area contributed by atoms with Crippen LogP contribution in [-0.4, -0.2) is 47.4 Å². The van der Waals surface area contributed by atoms with E-state index in [2.05, 4.69) is 39.5 Å². The molecule has 0 unspecified atom stereocenters. The van der Waals surface area contributed by atoms with Crippen molar-refractivity contribution in [3.8, 4) is 0 Å². The number of β-amino-alcohol motifs (C(OH)–C–C–N with tert-alkyl or cyclic N) is 1. The molecule has 1 N–H and O–H groups in total. The fourth-order valence-electron chi connectivity index (χ4n) is 4.76. The van der Waals surface area contributed by atoms with Gasteiger partial charge in [-0.1, -0.05) is 27.2 Å². The lowest BCUT2D eigenvalue weighted by molar-refractivity contribution is -0.0680. The van der Waals surface area contributed by atoms with Crippen molar-refractivity contribution in [2.75, 3.05) is 13.2 Å². The topological polar surface area (TPSA) is 32.7 Å². The average molecular weight is 312 g/mol. The zero-order chi connectivity index (χ0) is 16.3. The quantitative estimate of drug-likeness (QED) is 0.837. The van der Waals surface area contributed by atoms with Crippen LogP contribution in [0.25, 0.3) is 0 Å². The molecular weight excluding hydrogens is 274 g/mol. The van der Waals surface area contributed by atoms with E-state index in [1.54, 1.807) is 0 Å². The molecule has 0 aromatic heterocycles. The summed E-state index contributed by atoms with van der Waals surface area (Å²) in [4.78, 5) is 2.46. The first-order chi connectivity index (χ1) is 10.3. The van der Waals surface area contributed by atoms with Gasteiger partial charge in [-0.3, -0.25) is 4.90 Å². The first-order valence-corrected chi connectivity index (χ1v) is 9.32. The molecule has 1 aliphatic carbocycles. The molecule has 1 aliphatic heterocycles. The van der Waals surface area contributed by atoms with E-state index < -0.39 is 0 Å². The maximum Gasteiger partial charge on any atom is 0.0900 e. The lowest BCUT2D eigenvalue weighted by Crippen LogP contribution is -2.48. The molecule has 130 valence electrons. The summed E-state index contributed by atoms with van der Waals surface area (Å²) < 4.78 is 6.09. The highest BCUT2D eigenvalue weighted by Gasteiger charge is 2.33. The highest BCUT2D eigenvalue weighted by atomic mass is 16.5. The zero-order valence-corrected chi connectivity index (χ0v) is 15.3. The molecule has 1 heterocycles. The monoisotopic (exact) mass is 311 g/mol. The largest absolute Gasteiger partial charge is 0.389 e. The Hall–Kier alpha value is -0.120. The van der Waals surface area contributed by atoms with Gasteiger partial charge in [-0.2, -0.15) is 0 Å². The number of likely N-dealkylation sites (tertiary alicyclic amines) is 1. The van der Waals surface area contributed by atoms with Crippen LogP contribution >= 0.6 is 0 Å². The Morgan fingerprint density at radius 1 is 1.14 bits per heavy atom. The Morgan fingerprint density at radius 3 is 2.36 bits per heavy atom. The van der Waals surface area contributed by atoms with Crippen molar-refractivity contribution < 1.29 is 9.84 Å². The molecular formula is C19H37NO2. The number of ether oxygens (including phenoxy) is 1. The second-order valence-corrected chi connectivity index (χ2v) is 8.85. The van der Waals surface area contributed by atoms with Gasteiger partial charge in [0.15, 0.2) is 0 Å². The summed E-state index contributed by atoms with van der Waals surface area (Å²) in [5, 5.41) is 10.4. The van der Waals surface area contributed by atoms with Crippen LogP contribution in [-0.2, 0) is 4.74 Å². The number of piperidine rings is 1. The second-order valence-electron chi connectivity index (χ2n) is 8.85. The molecule has 2 aliphatic rings. The standard InChI is InChI=1S/C19H37NO2/c1-14-9-18(11-19(4,5)10-14)22-13-17(21)12-20-15(2)7-6-8-16(20)3/h14-18,21H,6-13H2,1-5H3/t14-,15+,16+,17-,18+/m1/s1. The minimum atomic E-state index is -0.358. The smallest absolute Gasteiger partial charge is 0.0900 e. The number of aliphatic hydroxyl groups is 1. The van der Waals surface area contributed by atoms with E-state index in [4.69, 9.17) is 4.74 Å². The van der Waals surface area contributed by atoms with Gasteiger partial charge in [-0.15, -0.1) is 0 Å². The molecule has 1 saturated carbocycles. The van der Waals surface area contributed by atoms with Gasteiger partial charge in [0.1, 0.15) is 0 Å². The lowest BCUT2D eigenvalue weighted by Gasteiger charge is -2.41. The Morgan fingerprint density at radius 2 is 1.77 bits per heavy atom. The average Bonchev–Trinajstić information content (AvgIpc) is 2.38. The van der Waals surface area contributed by atoms with E-state index >= 15 is 0 Å². The van der Waals surface area contributed by atoms with E-state index in [9.17, 15) is 5.11 Å². The summed E-state index contributed by atoms with van der Waals surface area (Å²) >= 11 is 0. The van der Waals surface area contributed by atoms with Crippen LogP contribution in [0.15, 0.2) is 0 Å². The van der Waals surface area contributed by atoms with Crippen molar-refractivity contribution in [2.24, 2.45) is 11.3 Å². The molecule has 2 rings (SSSR count). The molecule has 3 heteroatoms. The molecule has 0 amide bonds. The SMILES string of the molecule is C[C@@H]1C[C@H](OC[C@H](O)CN2[C@@H](C)CCC[C@@H]2C)CC(C)(C)C1. The van der Waals surface area contributed by atoms with E-state index in [-0.39, 0.29) is 6.10 Å². The summed E-state index contributed by atoms with van der Waals surface area (Å²) in [6.45, 7) is 12.8. The van der Waals surface area contributed by atoms with Crippen molar-refractivity contribution in [1.29, 1.82) is 0 Å². The number of hydrogen-bond donors (Lipinski definition) is 1. The predicted molar refractivity (Wildman–Crippen MR) is 92.0 cm³/mol. The van der Waals surface area contributed by atoms with Crippen molar-refractivity contribution in [1.82, 2.24) is 4.90 Å². The van der Waals surface area contributed by atoms with Crippen LogP contribution in [0, 0.1) is 11.3 Å². The molecule has 0 aromatic carbocycles. The normalized spacial score (nSPS) is 37.9. The van der Waals surface area contributed by atoms with Crippen LogP contribution in [0.3, 0.4) is 0 Å². The summed E-state index contributed by atoms with van der Waals surface area (Å²) in [6, 6.07) is 1.18. The van der Waals surface area contributed by atoms with E-state index in [0.29, 0.717) is 30.2 Å². The fraction of sp³-hybridized carbons (Fsp3) is 1.00. The molecule has 2 fully saturated rings. The van der Waals surface area contributed by atoms with E-state index in [1.807, 2.05) is 0 Å². The van der Waals surface area contributed by atoms with E-state index in [1.165, 1.54) is 25.7 Å². The lowest BCUT2D eigenvalue weighted by atomic mass is 9.71. The minimum Gasteiger partial charge on any atom is -0.389 e. The van der Waals surface area contributed by atoms with Crippen LogP contribution in [0.2, 0.25) is 0 Å². The fourth-order valence-corrected chi connectivity index (χ4v) is 4.76. The molecule has 5 atom stereocenters. The third-order valence-corrected chi connectivity index (χ3v) is 5.67. The molecule has 1 saturated heterocycles. The Labute approximate surface area is 137 Å². The summed E-state index contributed by atoms with van der Waals surface area (Å²) in [5.41, 5.74) is 0.378. The Bertz CT molecular complexity index is 334. The number of hydrogen-bond acceptors (Lipinski definition) is 3. The highest BCUT2D eigenvalue weighted by molar-refractivity contribution is 4.84. The Balaban J connectivity index is 1.76. The molecule has 3 nitrogen and oxygen atoms in total. The van der Waals surface area contributed by atoms with Gasteiger partial charge in [0, 0.05) is 18.6 Å². The molecule has 22 heavy (non-hydrogen) atoms. The van der Waals surface area contributed by atoms with Gasteiger partial charge in [-0.05, 0) is 57.3 Å². The molecule has 0 radical (unpaired) electrons. The maximum atomic E-state index is 10.4. The highest BCUT2D eigenvalue weighted by Crippen LogP contribution is 2.39. The maximum absolute atomic E-state index is 10.4. The number of nitrogens with zero attached hydrogens (tertiary/aromatic N) is 1. The first kappa shape index (κ1) is 18.2. The number of aliphatic hydroxyl groups excluding tert-OH is 1. The Kier molecular flexibility index (Phi) is 6.32. The van der Waals surface area contributed by atoms with Crippen LogP contribution in [0.1, 0.15) is 73.1 Å². The molecule has 0 aromatic rings. The van der Waals surface area contributed by atoms with Gasteiger partial charge < -0.3 is 9.84 Å². The summed E-state index contributed by atoms with van der Waals surface area (Å²) in [5.74, 6) is 0.730. The van der Waals surface area contributed by atoms with Crippen molar-refractivity contribution in [3.63, 3.8) is 0 Å². The summed E-state index contributed by atoms with van der Waals surface area (Å²) in [6.07, 6.45) is 7.36. The molecule has 0 spiro atoms. The van der Waals surface area contributed by atoms with Crippen LogP contribution in [0.5, 0.6) is 0 Å². The van der Waals surface area contributed by atoms with Crippen LogP contribution < -0.4 is 0 Å². The van der Waals surface area contributed by atoms with E-state index in [0.717, 1.165) is 25.3 Å². The second kappa shape index (κ2) is 7.63. The van der Waals surface area contributed by atoms with Crippen molar-refractivity contribution in [3.05, 3.63) is 0 Å². The molecule has 0 bridgehead atoms. The van der Waals surface area contributed by atoms with Crippen LogP contribution in [0.4, 0.5) is 0 Å². The van der Waals surface area contributed by atoms with Gasteiger partial charge in [0.25, 0.3) is 0 Å². The third-order valence-electron chi connectivity index (χ3n) is 5.67. The first-order valence-electron chi connectivity index (χ1n) is 9.32. The zero-order valence-electron chi connectivity index (χ0n) is 15.3. The van der Waals surface area contributed by atoms with Crippen molar-refractivity contribution in [2.45, 2.75) is 97.4 Å². The van der Waals surface area contributed by atoms with Gasteiger partial charge >= 0.3 is 0 Å². The van der Waals surface area contributed by atoms with Crippen molar-refractivity contribution >= 4 is 0 Å². The van der Waals surface area contributed by atoms with Gasteiger partial charge in [-0.25, -0.2) is 0 Å². The minimum absolute atomic E-state index is 0.324. The predicted octanol–water partition coefficient (Wildman–Crippen LogP) is 3.84. The third kappa shape index (κ3) is 5.21.